The van der Waals surface area contributed by atoms with Gasteiger partial charge in [0.25, 0.3) is 5.91 Å². The number of nitrogens with zero attached hydrogens (tertiary/aromatic N) is 2. The molecule has 1 aromatic heterocycles. The van der Waals surface area contributed by atoms with E-state index in [1.54, 1.807) is 54.2 Å². The highest BCUT2D eigenvalue weighted by atomic mass is 35.5. The largest absolute Gasteiger partial charge is 0.481 e. The van der Waals surface area contributed by atoms with Crippen LogP contribution >= 0.6 is 35.6 Å². The van der Waals surface area contributed by atoms with Crippen molar-refractivity contribution < 1.29 is 19.5 Å². The topological polar surface area (TPSA) is 79.6 Å². The number of benzene rings is 1. The van der Waals surface area contributed by atoms with E-state index in [0.717, 1.165) is 0 Å². The molecule has 1 aliphatic heterocycles. The molecule has 29 heavy (non-hydrogen) atoms. The van der Waals surface area contributed by atoms with Gasteiger partial charge in [0.05, 0.1) is 4.91 Å². The summed E-state index contributed by atoms with van der Waals surface area (Å²) in [5.41, 5.74) is 1.71. The minimum Gasteiger partial charge on any atom is -0.481 e. The number of amides is 1. The Bertz CT molecular complexity index is 1030. The highest BCUT2D eigenvalue weighted by molar-refractivity contribution is 8.26. The lowest BCUT2D eigenvalue weighted by Crippen LogP contribution is -2.29. The SMILES string of the molecule is Cn1cc(C(=O)c2ccc(Cl)cc2)cc1/C=C1/SC(=S)N(CCCC(=O)O)C1=O. The van der Waals surface area contributed by atoms with Crippen molar-refractivity contribution in [2.75, 3.05) is 6.54 Å². The zero-order valence-corrected chi connectivity index (χ0v) is 17.8. The molecule has 0 spiro atoms. The van der Waals surface area contributed by atoms with E-state index in [4.69, 9.17) is 28.9 Å². The number of carbonyl (C=O) groups excluding carboxylic acids is 2. The quantitative estimate of drug-likeness (QED) is 0.392. The maximum atomic E-state index is 12.7. The van der Waals surface area contributed by atoms with Crippen LogP contribution in [0.3, 0.4) is 0 Å². The van der Waals surface area contributed by atoms with Crippen molar-refractivity contribution in [2.24, 2.45) is 7.05 Å². The van der Waals surface area contributed by atoms with Crippen LogP contribution in [-0.4, -0.2) is 43.1 Å². The molecular weight excluding hydrogens is 432 g/mol. The summed E-state index contributed by atoms with van der Waals surface area (Å²) < 4.78 is 2.17. The Balaban J connectivity index is 1.78. The summed E-state index contributed by atoms with van der Waals surface area (Å²) in [6.07, 6.45) is 3.70. The molecule has 1 fully saturated rings. The fraction of sp³-hybridized carbons (Fsp3) is 0.200. The van der Waals surface area contributed by atoms with Crippen LogP contribution in [0.2, 0.25) is 5.02 Å². The summed E-state index contributed by atoms with van der Waals surface area (Å²) in [4.78, 5) is 37.8. The van der Waals surface area contributed by atoms with Gasteiger partial charge in [0.15, 0.2) is 5.78 Å². The summed E-state index contributed by atoms with van der Waals surface area (Å²) in [5.74, 6) is -1.30. The number of carbonyl (C=O) groups is 3. The molecule has 2 aromatic rings. The molecule has 0 saturated carbocycles. The lowest BCUT2D eigenvalue weighted by Gasteiger charge is -2.13. The number of aliphatic carboxylic acids is 1. The smallest absolute Gasteiger partial charge is 0.303 e. The number of aromatic nitrogens is 1. The van der Waals surface area contributed by atoms with Gasteiger partial charge in [-0.3, -0.25) is 19.3 Å². The number of hydrogen-bond donors (Lipinski definition) is 1. The molecule has 1 N–H and O–H groups in total. The van der Waals surface area contributed by atoms with Gasteiger partial charge in [-0.2, -0.15) is 0 Å². The van der Waals surface area contributed by atoms with Crippen LogP contribution in [0.25, 0.3) is 6.08 Å². The lowest BCUT2D eigenvalue weighted by molar-refractivity contribution is -0.137. The van der Waals surface area contributed by atoms with E-state index in [2.05, 4.69) is 0 Å². The predicted molar refractivity (Wildman–Crippen MR) is 117 cm³/mol. The molecule has 3 rings (SSSR count). The first-order chi connectivity index (χ1) is 13.8. The molecule has 0 radical (unpaired) electrons. The van der Waals surface area contributed by atoms with Crippen molar-refractivity contribution >= 4 is 63.6 Å². The molecule has 1 saturated heterocycles. The number of halogens is 1. The minimum atomic E-state index is -0.910. The second-order valence-electron chi connectivity index (χ2n) is 6.43. The van der Waals surface area contributed by atoms with Crippen LogP contribution in [0, 0.1) is 0 Å². The second-order valence-corrected chi connectivity index (χ2v) is 8.54. The van der Waals surface area contributed by atoms with Crippen LogP contribution in [-0.2, 0) is 16.6 Å². The van der Waals surface area contributed by atoms with E-state index in [1.807, 2.05) is 0 Å². The molecule has 150 valence electrons. The molecule has 0 bridgehead atoms. The summed E-state index contributed by atoms with van der Waals surface area (Å²) >= 11 is 12.3. The fourth-order valence-electron chi connectivity index (χ4n) is 2.83. The normalized spacial score (nSPS) is 15.4. The molecule has 2 heterocycles. The maximum Gasteiger partial charge on any atom is 0.303 e. The van der Waals surface area contributed by atoms with Gasteiger partial charge in [0.2, 0.25) is 0 Å². The van der Waals surface area contributed by atoms with Crippen molar-refractivity contribution in [3.05, 3.63) is 63.3 Å². The van der Waals surface area contributed by atoms with Gasteiger partial charge in [0.1, 0.15) is 4.32 Å². The number of ketones is 1. The number of carboxylic acids is 1. The van der Waals surface area contributed by atoms with Crippen molar-refractivity contribution in [2.45, 2.75) is 12.8 Å². The summed E-state index contributed by atoms with van der Waals surface area (Å²) in [5, 5.41) is 9.31. The molecule has 1 aliphatic rings. The maximum absolute atomic E-state index is 12.7. The Hall–Kier alpha value is -2.42. The number of carboxylic acid groups (broad SMARTS) is 1. The number of thiocarbonyl (C=S) groups is 1. The van der Waals surface area contributed by atoms with Crippen molar-refractivity contribution in [3.8, 4) is 0 Å². The van der Waals surface area contributed by atoms with Crippen LogP contribution < -0.4 is 0 Å². The van der Waals surface area contributed by atoms with Crippen molar-refractivity contribution in [1.82, 2.24) is 9.47 Å². The van der Waals surface area contributed by atoms with Gasteiger partial charge in [-0.15, -0.1) is 0 Å². The fourth-order valence-corrected chi connectivity index (χ4v) is 4.25. The second kappa shape index (κ2) is 8.94. The van der Waals surface area contributed by atoms with E-state index >= 15 is 0 Å². The highest BCUT2D eigenvalue weighted by Gasteiger charge is 2.32. The van der Waals surface area contributed by atoms with Gasteiger partial charge in [-0.1, -0.05) is 35.6 Å². The van der Waals surface area contributed by atoms with Gasteiger partial charge < -0.3 is 9.67 Å². The number of hydrogen-bond acceptors (Lipinski definition) is 5. The third-order valence-electron chi connectivity index (χ3n) is 4.34. The summed E-state index contributed by atoms with van der Waals surface area (Å²) in [6.45, 7) is 0.266. The first-order valence-corrected chi connectivity index (χ1v) is 10.3. The average molecular weight is 449 g/mol. The number of thioether (sulfide) groups is 1. The van der Waals surface area contributed by atoms with Gasteiger partial charge in [-0.05, 0) is 42.8 Å². The monoisotopic (exact) mass is 448 g/mol. The van der Waals surface area contributed by atoms with Crippen molar-refractivity contribution in [3.63, 3.8) is 0 Å². The number of aryl methyl sites for hydroxylation is 1. The lowest BCUT2D eigenvalue weighted by atomic mass is 10.1. The zero-order valence-electron chi connectivity index (χ0n) is 15.4. The van der Waals surface area contributed by atoms with Crippen LogP contribution in [0.15, 0.2) is 41.4 Å². The highest BCUT2D eigenvalue weighted by Crippen LogP contribution is 2.33. The van der Waals surface area contributed by atoms with E-state index < -0.39 is 5.97 Å². The standard InChI is InChI=1S/C20H17ClN2O4S2/c1-22-11-13(18(26)12-4-6-14(21)7-5-12)9-15(22)10-16-19(27)23(20(28)29-16)8-2-3-17(24)25/h4-7,9-11H,2-3,8H2,1H3,(H,24,25)/b16-10+. The molecule has 9 heteroatoms. The Kier molecular flexibility index (Phi) is 6.56. The molecule has 0 aliphatic carbocycles. The molecule has 6 nitrogen and oxygen atoms in total. The minimum absolute atomic E-state index is 0.0237. The van der Waals surface area contributed by atoms with Crippen LogP contribution in [0.5, 0.6) is 0 Å². The van der Waals surface area contributed by atoms with Gasteiger partial charge >= 0.3 is 5.97 Å². The van der Waals surface area contributed by atoms with Crippen molar-refractivity contribution in [1.29, 1.82) is 0 Å². The Morgan fingerprint density at radius 3 is 2.59 bits per heavy atom. The summed E-state index contributed by atoms with van der Waals surface area (Å²) in [7, 11) is 1.79. The molecule has 0 unspecified atom stereocenters. The van der Waals surface area contributed by atoms with E-state index in [-0.39, 0.29) is 24.7 Å². The molecule has 0 atom stereocenters. The zero-order chi connectivity index (χ0) is 21.1. The van der Waals surface area contributed by atoms with E-state index in [0.29, 0.717) is 37.5 Å². The predicted octanol–water partition coefficient (Wildman–Crippen LogP) is 3.98. The molecule has 1 amide bonds. The Morgan fingerprint density at radius 2 is 1.93 bits per heavy atom. The van der Waals surface area contributed by atoms with E-state index in [9.17, 15) is 14.4 Å². The average Bonchev–Trinajstić information content (AvgIpc) is 3.16. The third kappa shape index (κ3) is 4.95. The molecule has 1 aromatic carbocycles. The van der Waals surface area contributed by atoms with Gasteiger partial charge in [-0.25, -0.2) is 0 Å². The Labute approximate surface area is 182 Å². The number of rotatable bonds is 7. The third-order valence-corrected chi connectivity index (χ3v) is 5.97. The van der Waals surface area contributed by atoms with Crippen LogP contribution in [0.1, 0.15) is 34.5 Å². The summed E-state index contributed by atoms with van der Waals surface area (Å²) in [6, 6.07) is 8.37. The first kappa shape index (κ1) is 21.3. The van der Waals surface area contributed by atoms with Crippen LogP contribution in [0.4, 0.5) is 0 Å². The molecular formula is C20H17ClN2O4S2. The van der Waals surface area contributed by atoms with E-state index in [1.165, 1.54) is 16.7 Å². The van der Waals surface area contributed by atoms with Gasteiger partial charge in [0, 0.05) is 48.1 Å². The Morgan fingerprint density at radius 1 is 1.24 bits per heavy atom. The first-order valence-electron chi connectivity index (χ1n) is 8.70.